The Morgan fingerprint density at radius 3 is 2.29 bits per heavy atom. The molecule has 8 heteroatoms. The van der Waals surface area contributed by atoms with Gasteiger partial charge in [-0.2, -0.15) is 0 Å². The van der Waals surface area contributed by atoms with Crippen LogP contribution in [0.3, 0.4) is 0 Å². The zero-order valence-corrected chi connectivity index (χ0v) is 12.7. The Bertz CT molecular complexity index is 601. The summed E-state index contributed by atoms with van der Waals surface area (Å²) in [4.78, 5) is -1.16. The third-order valence-corrected chi connectivity index (χ3v) is 5.63. The minimum absolute atomic E-state index is 0.00670. The highest BCUT2D eigenvalue weighted by Crippen LogP contribution is 2.28. The van der Waals surface area contributed by atoms with Crippen LogP contribution in [0, 0.1) is 23.4 Å². The van der Waals surface area contributed by atoms with Crippen molar-refractivity contribution in [2.75, 3.05) is 6.54 Å². The lowest BCUT2D eigenvalue weighted by Crippen LogP contribution is -2.35. The van der Waals surface area contributed by atoms with Crippen LogP contribution in [0.1, 0.15) is 25.7 Å². The van der Waals surface area contributed by atoms with Gasteiger partial charge < -0.3 is 0 Å². The van der Waals surface area contributed by atoms with E-state index >= 15 is 0 Å². The molecule has 3 nitrogen and oxygen atoms in total. The maximum Gasteiger partial charge on any atom is 0.246 e. The fraction of sp³-hybridized carbons (Fsp3) is 0.538. The molecule has 0 spiro atoms. The predicted molar refractivity (Wildman–Crippen MR) is 73.1 cm³/mol. The van der Waals surface area contributed by atoms with Gasteiger partial charge in [0.1, 0.15) is 17.5 Å². The van der Waals surface area contributed by atoms with E-state index in [9.17, 15) is 21.6 Å². The van der Waals surface area contributed by atoms with Crippen LogP contribution in [-0.4, -0.2) is 20.3 Å². The van der Waals surface area contributed by atoms with Crippen molar-refractivity contribution in [2.24, 2.45) is 5.92 Å². The number of alkyl halides is 1. The fourth-order valence-corrected chi connectivity index (χ4v) is 4.05. The Morgan fingerprint density at radius 2 is 1.71 bits per heavy atom. The van der Waals surface area contributed by atoms with Crippen molar-refractivity contribution in [3.05, 3.63) is 29.6 Å². The summed E-state index contributed by atoms with van der Waals surface area (Å²) in [6, 6.07) is 0.672. The average molecular weight is 342 g/mol. The van der Waals surface area contributed by atoms with Gasteiger partial charge in [-0.3, -0.25) is 0 Å². The topological polar surface area (TPSA) is 46.2 Å². The first-order valence-electron chi connectivity index (χ1n) is 6.59. The van der Waals surface area contributed by atoms with Gasteiger partial charge in [0.05, 0.1) is 0 Å². The number of halogens is 4. The molecule has 1 N–H and O–H groups in total. The number of nitrogens with one attached hydrogen (secondary N) is 1. The Kier molecular flexibility index (Phi) is 5.16. The van der Waals surface area contributed by atoms with Crippen LogP contribution in [0.5, 0.6) is 0 Å². The Labute approximate surface area is 126 Å². The van der Waals surface area contributed by atoms with Crippen LogP contribution in [-0.2, 0) is 10.0 Å². The summed E-state index contributed by atoms with van der Waals surface area (Å²) in [6.07, 6.45) is 3.46. The van der Waals surface area contributed by atoms with Crippen LogP contribution in [0.15, 0.2) is 17.0 Å². The fourth-order valence-electron chi connectivity index (χ4n) is 2.47. The predicted octanol–water partition coefficient (Wildman–Crippen LogP) is 3.18. The van der Waals surface area contributed by atoms with E-state index in [0.29, 0.717) is 12.1 Å². The lowest BCUT2D eigenvalue weighted by atomic mass is 9.89. The van der Waals surface area contributed by atoms with Crippen molar-refractivity contribution in [1.29, 1.82) is 0 Å². The summed E-state index contributed by atoms with van der Waals surface area (Å²) >= 11 is 6.11. The van der Waals surface area contributed by atoms with Crippen LogP contribution < -0.4 is 4.72 Å². The molecule has 2 rings (SSSR count). The van der Waals surface area contributed by atoms with E-state index in [1.165, 1.54) is 0 Å². The highest BCUT2D eigenvalue weighted by atomic mass is 35.5. The third kappa shape index (κ3) is 3.90. The standard InChI is InChI=1S/C13H15ClF3NO2S/c14-10-4-2-1-3-8(10)7-18-21(19,20)13-11(16)5-9(15)6-12(13)17/h5-6,8,10,18H,1-4,7H2. The van der Waals surface area contributed by atoms with E-state index in [0.717, 1.165) is 25.7 Å². The zero-order valence-electron chi connectivity index (χ0n) is 11.1. The molecule has 1 saturated carbocycles. The van der Waals surface area contributed by atoms with Crippen molar-refractivity contribution in [3.8, 4) is 0 Å². The summed E-state index contributed by atoms with van der Waals surface area (Å²) in [6.45, 7) is 0.00670. The van der Waals surface area contributed by atoms with Crippen LogP contribution in [0.2, 0.25) is 0 Å². The number of sulfonamides is 1. The zero-order chi connectivity index (χ0) is 15.6. The minimum Gasteiger partial charge on any atom is -0.211 e. The second kappa shape index (κ2) is 6.54. The molecule has 0 amide bonds. The number of hydrogen-bond donors (Lipinski definition) is 1. The highest BCUT2D eigenvalue weighted by Gasteiger charge is 2.28. The van der Waals surface area contributed by atoms with Gasteiger partial charge in [0.15, 0.2) is 4.90 Å². The molecule has 0 radical (unpaired) electrons. The molecule has 1 aromatic carbocycles. The third-order valence-electron chi connectivity index (χ3n) is 3.58. The second-order valence-corrected chi connectivity index (χ2v) is 7.38. The minimum atomic E-state index is -4.39. The smallest absolute Gasteiger partial charge is 0.211 e. The normalized spacial score (nSPS) is 23.2. The molecule has 0 aliphatic heterocycles. The Balaban J connectivity index is 2.15. The molecular formula is C13H15ClF3NO2S. The first-order chi connectivity index (χ1) is 9.81. The number of rotatable bonds is 4. The maximum atomic E-state index is 13.5. The molecule has 0 aromatic heterocycles. The molecular weight excluding hydrogens is 327 g/mol. The molecule has 21 heavy (non-hydrogen) atoms. The quantitative estimate of drug-likeness (QED) is 0.855. The van der Waals surface area contributed by atoms with Gasteiger partial charge >= 0.3 is 0 Å². The second-order valence-electron chi connectivity index (χ2n) is 5.11. The molecule has 1 aromatic rings. The van der Waals surface area contributed by atoms with Crippen molar-refractivity contribution in [3.63, 3.8) is 0 Å². The highest BCUT2D eigenvalue weighted by molar-refractivity contribution is 7.89. The molecule has 2 atom stereocenters. The molecule has 2 unspecified atom stereocenters. The molecule has 1 aliphatic rings. The van der Waals surface area contributed by atoms with E-state index in [2.05, 4.69) is 4.72 Å². The number of hydrogen-bond acceptors (Lipinski definition) is 2. The van der Waals surface area contributed by atoms with Gasteiger partial charge in [0.25, 0.3) is 0 Å². The van der Waals surface area contributed by atoms with Gasteiger partial charge in [-0.15, -0.1) is 11.6 Å². The molecule has 1 aliphatic carbocycles. The lowest BCUT2D eigenvalue weighted by molar-refractivity contribution is 0.363. The summed E-state index contributed by atoms with van der Waals surface area (Å²) in [5.41, 5.74) is 0. The van der Waals surface area contributed by atoms with Gasteiger partial charge in [-0.25, -0.2) is 26.3 Å². The van der Waals surface area contributed by atoms with E-state index in [-0.39, 0.29) is 17.8 Å². The van der Waals surface area contributed by atoms with Gasteiger partial charge in [0.2, 0.25) is 10.0 Å². The SMILES string of the molecule is O=S(=O)(NCC1CCCCC1Cl)c1c(F)cc(F)cc1F. The summed E-state index contributed by atoms with van der Waals surface area (Å²) < 4.78 is 66.0. The summed E-state index contributed by atoms with van der Waals surface area (Å²) in [5.74, 6) is -4.16. The van der Waals surface area contributed by atoms with Crippen molar-refractivity contribution in [1.82, 2.24) is 4.72 Å². The van der Waals surface area contributed by atoms with Gasteiger partial charge in [0, 0.05) is 24.1 Å². The van der Waals surface area contributed by atoms with Crippen LogP contribution in [0.25, 0.3) is 0 Å². The van der Waals surface area contributed by atoms with E-state index in [1.807, 2.05) is 0 Å². The van der Waals surface area contributed by atoms with E-state index in [4.69, 9.17) is 11.6 Å². The Hall–Kier alpha value is -0.790. The monoisotopic (exact) mass is 341 g/mol. The lowest BCUT2D eigenvalue weighted by Gasteiger charge is -2.27. The van der Waals surface area contributed by atoms with E-state index in [1.54, 1.807) is 0 Å². The average Bonchev–Trinajstić information content (AvgIpc) is 2.36. The van der Waals surface area contributed by atoms with Gasteiger partial charge in [-0.05, 0) is 18.8 Å². The van der Waals surface area contributed by atoms with Crippen molar-refractivity contribution < 1.29 is 21.6 Å². The molecule has 0 bridgehead atoms. The maximum absolute atomic E-state index is 13.5. The van der Waals surface area contributed by atoms with Crippen molar-refractivity contribution in [2.45, 2.75) is 36.0 Å². The number of benzene rings is 1. The molecule has 118 valence electrons. The first-order valence-corrected chi connectivity index (χ1v) is 8.51. The first kappa shape index (κ1) is 16.6. The summed E-state index contributed by atoms with van der Waals surface area (Å²) in [7, 11) is -4.39. The molecule has 0 heterocycles. The summed E-state index contributed by atoms with van der Waals surface area (Å²) in [5, 5.41) is -0.163. The Morgan fingerprint density at radius 1 is 1.14 bits per heavy atom. The van der Waals surface area contributed by atoms with Crippen LogP contribution in [0.4, 0.5) is 13.2 Å². The van der Waals surface area contributed by atoms with Gasteiger partial charge in [-0.1, -0.05) is 12.8 Å². The molecule has 0 saturated heterocycles. The van der Waals surface area contributed by atoms with E-state index < -0.39 is 32.4 Å². The molecule has 1 fully saturated rings. The van der Waals surface area contributed by atoms with Crippen molar-refractivity contribution >= 4 is 21.6 Å². The largest absolute Gasteiger partial charge is 0.246 e. The van der Waals surface area contributed by atoms with Crippen LogP contribution >= 0.6 is 11.6 Å².